The number of aliphatic hydroxyl groups excluding tert-OH is 1. The molecule has 1 aliphatic rings. The Morgan fingerprint density at radius 1 is 1.26 bits per heavy atom. The molecule has 0 fully saturated rings. The van der Waals surface area contributed by atoms with Gasteiger partial charge in [0.1, 0.15) is 0 Å². The number of carbonyl (C=O) groups is 1. The Bertz CT molecular complexity index is 727. The largest absolute Gasteiger partial charge is 0.392 e. The van der Waals surface area contributed by atoms with Crippen molar-refractivity contribution in [3.63, 3.8) is 0 Å². The number of likely N-dealkylation sites (N-methyl/N-ethyl adjacent to an activating group) is 1. The first-order chi connectivity index (χ1) is 11.1. The van der Waals surface area contributed by atoms with Gasteiger partial charge in [0.05, 0.1) is 6.61 Å². The Kier molecular flexibility index (Phi) is 4.35. The standard InChI is InChI=1S/C19H22N2O2/c1-13(16-5-3-4-14(10-16)12-22)20-17-7-6-15-8-9-21(2)19(23)18(15)11-17/h3-7,10-11,13,20,22H,8-9,12H2,1-2H3. The van der Waals surface area contributed by atoms with Crippen LogP contribution in [0.1, 0.15) is 40.0 Å². The highest BCUT2D eigenvalue weighted by Crippen LogP contribution is 2.25. The van der Waals surface area contributed by atoms with Crippen molar-refractivity contribution in [3.05, 3.63) is 64.7 Å². The third kappa shape index (κ3) is 3.22. The van der Waals surface area contributed by atoms with Crippen LogP contribution in [0.3, 0.4) is 0 Å². The number of amides is 1. The first-order valence-electron chi connectivity index (χ1n) is 7.93. The molecule has 0 radical (unpaired) electrons. The van der Waals surface area contributed by atoms with Crippen LogP contribution in [0.5, 0.6) is 0 Å². The third-order valence-electron chi connectivity index (χ3n) is 4.42. The summed E-state index contributed by atoms with van der Waals surface area (Å²) in [4.78, 5) is 14.0. The zero-order valence-electron chi connectivity index (χ0n) is 13.5. The van der Waals surface area contributed by atoms with Crippen LogP contribution in [-0.4, -0.2) is 29.5 Å². The highest BCUT2D eigenvalue weighted by molar-refractivity contribution is 5.97. The summed E-state index contributed by atoms with van der Waals surface area (Å²) < 4.78 is 0. The molecule has 0 saturated heterocycles. The van der Waals surface area contributed by atoms with E-state index < -0.39 is 0 Å². The number of carbonyl (C=O) groups excluding carboxylic acids is 1. The molecule has 0 bridgehead atoms. The van der Waals surface area contributed by atoms with Crippen LogP contribution in [0.15, 0.2) is 42.5 Å². The molecular weight excluding hydrogens is 288 g/mol. The molecular formula is C19H22N2O2. The van der Waals surface area contributed by atoms with Gasteiger partial charge in [-0.1, -0.05) is 30.3 Å². The van der Waals surface area contributed by atoms with Crippen LogP contribution >= 0.6 is 0 Å². The minimum Gasteiger partial charge on any atom is -0.392 e. The van der Waals surface area contributed by atoms with Gasteiger partial charge in [0, 0.05) is 30.9 Å². The second-order valence-electron chi connectivity index (χ2n) is 6.12. The van der Waals surface area contributed by atoms with Gasteiger partial charge >= 0.3 is 0 Å². The molecule has 120 valence electrons. The zero-order chi connectivity index (χ0) is 16.4. The van der Waals surface area contributed by atoms with E-state index in [9.17, 15) is 9.90 Å². The van der Waals surface area contributed by atoms with E-state index in [0.29, 0.717) is 0 Å². The number of nitrogens with zero attached hydrogens (tertiary/aromatic N) is 1. The van der Waals surface area contributed by atoms with Crippen molar-refractivity contribution in [1.29, 1.82) is 0 Å². The van der Waals surface area contributed by atoms with Crippen molar-refractivity contribution in [2.75, 3.05) is 18.9 Å². The van der Waals surface area contributed by atoms with Crippen LogP contribution in [0, 0.1) is 0 Å². The summed E-state index contributed by atoms with van der Waals surface area (Å²) in [5.74, 6) is 0.0878. The molecule has 1 atom stereocenters. The van der Waals surface area contributed by atoms with Crippen molar-refractivity contribution in [3.8, 4) is 0 Å². The molecule has 3 rings (SSSR count). The van der Waals surface area contributed by atoms with Crippen LogP contribution in [-0.2, 0) is 13.0 Å². The summed E-state index contributed by atoms with van der Waals surface area (Å²) in [6.07, 6.45) is 0.909. The smallest absolute Gasteiger partial charge is 0.253 e. The Labute approximate surface area is 136 Å². The molecule has 23 heavy (non-hydrogen) atoms. The van der Waals surface area contributed by atoms with Crippen molar-refractivity contribution < 1.29 is 9.90 Å². The molecule has 0 saturated carbocycles. The number of benzene rings is 2. The van der Waals surface area contributed by atoms with Crippen molar-refractivity contribution in [1.82, 2.24) is 4.90 Å². The summed E-state index contributed by atoms with van der Waals surface area (Å²) in [6, 6.07) is 14.0. The summed E-state index contributed by atoms with van der Waals surface area (Å²) >= 11 is 0. The first kappa shape index (κ1) is 15.6. The average Bonchev–Trinajstić information content (AvgIpc) is 2.58. The number of nitrogens with one attached hydrogen (secondary N) is 1. The number of anilines is 1. The van der Waals surface area contributed by atoms with Crippen molar-refractivity contribution in [2.24, 2.45) is 0 Å². The van der Waals surface area contributed by atoms with E-state index in [-0.39, 0.29) is 18.6 Å². The maximum atomic E-state index is 12.3. The molecule has 4 heteroatoms. The first-order valence-corrected chi connectivity index (χ1v) is 7.93. The quantitative estimate of drug-likeness (QED) is 0.913. The van der Waals surface area contributed by atoms with Gasteiger partial charge in [-0.3, -0.25) is 4.79 Å². The van der Waals surface area contributed by atoms with E-state index in [1.807, 2.05) is 49.5 Å². The number of aliphatic hydroxyl groups is 1. The molecule has 2 N–H and O–H groups in total. The van der Waals surface area contributed by atoms with Crippen LogP contribution in [0.25, 0.3) is 0 Å². The van der Waals surface area contributed by atoms with E-state index in [1.165, 1.54) is 0 Å². The van der Waals surface area contributed by atoms with Gasteiger partial charge < -0.3 is 15.3 Å². The average molecular weight is 310 g/mol. The van der Waals surface area contributed by atoms with E-state index in [1.54, 1.807) is 4.90 Å². The predicted octanol–water partition coefficient (Wildman–Crippen LogP) is 2.98. The molecule has 2 aromatic rings. The molecule has 0 aliphatic carbocycles. The normalized spacial score (nSPS) is 15.3. The topological polar surface area (TPSA) is 52.6 Å². The second kappa shape index (κ2) is 6.42. The van der Waals surface area contributed by atoms with Gasteiger partial charge in [-0.2, -0.15) is 0 Å². The lowest BCUT2D eigenvalue weighted by atomic mass is 9.98. The lowest BCUT2D eigenvalue weighted by molar-refractivity contribution is 0.0781. The van der Waals surface area contributed by atoms with E-state index in [4.69, 9.17) is 0 Å². The van der Waals surface area contributed by atoms with E-state index in [0.717, 1.165) is 40.9 Å². The molecule has 4 nitrogen and oxygen atoms in total. The van der Waals surface area contributed by atoms with Gasteiger partial charge in [0.2, 0.25) is 0 Å². The Morgan fingerprint density at radius 2 is 2.09 bits per heavy atom. The zero-order valence-corrected chi connectivity index (χ0v) is 13.5. The Morgan fingerprint density at radius 3 is 2.87 bits per heavy atom. The maximum Gasteiger partial charge on any atom is 0.253 e. The Balaban J connectivity index is 1.81. The summed E-state index contributed by atoms with van der Waals surface area (Å²) in [5.41, 5.74) is 4.86. The molecule has 0 spiro atoms. The molecule has 1 aliphatic heterocycles. The minimum absolute atomic E-state index is 0.0419. The van der Waals surface area contributed by atoms with E-state index in [2.05, 4.69) is 12.2 Å². The molecule has 1 amide bonds. The predicted molar refractivity (Wildman–Crippen MR) is 91.5 cm³/mol. The third-order valence-corrected chi connectivity index (χ3v) is 4.42. The summed E-state index contributed by atoms with van der Waals surface area (Å²) in [6.45, 7) is 2.90. The van der Waals surface area contributed by atoms with E-state index >= 15 is 0 Å². The fraction of sp³-hybridized carbons (Fsp3) is 0.316. The van der Waals surface area contributed by atoms with Gasteiger partial charge in [0.25, 0.3) is 5.91 Å². The second-order valence-corrected chi connectivity index (χ2v) is 6.12. The fourth-order valence-corrected chi connectivity index (χ4v) is 2.97. The SMILES string of the molecule is CC(Nc1ccc2c(c1)C(=O)N(C)CC2)c1cccc(CO)c1. The lowest BCUT2D eigenvalue weighted by Gasteiger charge is -2.26. The monoisotopic (exact) mass is 310 g/mol. The number of hydrogen-bond donors (Lipinski definition) is 2. The van der Waals surface area contributed by atoms with Gasteiger partial charge in [-0.15, -0.1) is 0 Å². The number of fused-ring (bicyclic) bond motifs is 1. The Hall–Kier alpha value is -2.33. The molecule has 1 heterocycles. The maximum absolute atomic E-state index is 12.3. The van der Waals surface area contributed by atoms with Crippen LogP contribution in [0.2, 0.25) is 0 Å². The molecule has 1 unspecified atom stereocenters. The molecule has 2 aromatic carbocycles. The number of rotatable bonds is 4. The van der Waals surface area contributed by atoms with Crippen molar-refractivity contribution >= 4 is 11.6 Å². The van der Waals surface area contributed by atoms with Gasteiger partial charge in [0.15, 0.2) is 0 Å². The number of hydrogen-bond acceptors (Lipinski definition) is 3. The summed E-state index contributed by atoms with van der Waals surface area (Å²) in [7, 11) is 1.84. The highest BCUT2D eigenvalue weighted by Gasteiger charge is 2.21. The van der Waals surface area contributed by atoms with Crippen LogP contribution < -0.4 is 5.32 Å². The molecule has 0 aromatic heterocycles. The fourth-order valence-electron chi connectivity index (χ4n) is 2.97. The lowest BCUT2D eigenvalue weighted by Crippen LogP contribution is -2.34. The van der Waals surface area contributed by atoms with Crippen LogP contribution in [0.4, 0.5) is 5.69 Å². The van der Waals surface area contributed by atoms with Crippen molar-refractivity contribution in [2.45, 2.75) is 26.0 Å². The van der Waals surface area contributed by atoms with Gasteiger partial charge in [-0.25, -0.2) is 0 Å². The minimum atomic E-state index is 0.0419. The highest BCUT2D eigenvalue weighted by atomic mass is 16.3. The van der Waals surface area contributed by atoms with Gasteiger partial charge in [-0.05, 0) is 42.2 Å². The summed E-state index contributed by atoms with van der Waals surface area (Å²) in [5, 5.41) is 12.7.